The lowest BCUT2D eigenvalue weighted by molar-refractivity contribution is 0.0142. The van der Waals surface area contributed by atoms with Gasteiger partial charge < -0.3 is 20.3 Å². The monoisotopic (exact) mass is 261 g/mol. The van der Waals surface area contributed by atoms with Crippen molar-refractivity contribution in [2.45, 2.75) is 52.7 Å². The average Bonchev–Trinajstić information content (AvgIpc) is 2.14. The molecule has 4 heteroatoms. The summed E-state index contributed by atoms with van der Waals surface area (Å²) < 4.78 is 5.35. The Kier molecular flexibility index (Phi) is 8.78. The van der Waals surface area contributed by atoms with Crippen LogP contribution in [0.1, 0.15) is 41.0 Å². The summed E-state index contributed by atoms with van der Waals surface area (Å²) in [6.07, 6.45) is 0.235. The normalized spacial score (nSPS) is 17.2. The molecule has 2 unspecified atom stereocenters. The van der Waals surface area contributed by atoms with Crippen molar-refractivity contribution in [2.75, 3.05) is 26.3 Å². The number of aliphatic hydroxyl groups is 2. The molecule has 0 saturated carbocycles. The summed E-state index contributed by atoms with van der Waals surface area (Å²) in [7, 11) is 0. The van der Waals surface area contributed by atoms with Crippen LogP contribution >= 0.6 is 0 Å². The summed E-state index contributed by atoms with van der Waals surface area (Å²) in [4.78, 5) is 0. The molecule has 0 amide bonds. The number of nitrogens with one attached hydrogen (secondary N) is 1. The van der Waals surface area contributed by atoms with Gasteiger partial charge in [-0.1, -0.05) is 27.7 Å². The molecular formula is C14H31NO3. The standard InChI is InChI=1S/C14H31NO3/c1-11(2)6-14(5,17)10-15-7-13(16)9-18-8-12(3)4/h11-13,15-17H,6-10H2,1-5H3. The summed E-state index contributed by atoms with van der Waals surface area (Å²) in [5.74, 6) is 0.943. The first kappa shape index (κ1) is 17.8. The van der Waals surface area contributed by atoms with Gasteiger partial charge in [-0.2, -0.15) is 0 Å². The van der Waals surface area contributed by atoms with E-state index in [9.17, 15) is 10.2 Å². The quantitative estimate of drug-likeness (QED) is 0.556. The van der Waals surface area contributed by atoms with Crippen molar-refractivity contribution in [1.29, 1.82) is 0 Å². The van der Waals surface area contributed by atoms with Crippen LogP contribution in [0, 0.1) is 11.8 Å². The highest BCUT2D eigenvalue weighted by atomic mass is 16.5. The smallest absolute Gasteiger partial charge is 0.0897 e. The van der Waals surface area contributed by atoms with E-state index in [2.05, 4.69) is 33.0 Å². The average molecular weight is 261 g/mol. The van der Waals surface area contributed by atoms with E-state index in [1.165, 1.54) is 0 Å². The van der Waals surface area contributed by atoms with Gasteiger partial charge in [0.1, 0.15) is 0 Å². The van der Waals surface area contributed by atoms with Crippen molar-refractivity contribution in [1.82, 2.24) is 5.32 Å². The van der Waals surface area contributed by atoms with E-state index in [4.69, 9.17) is 4.74 Å². The Bertz CT molecular complexity index is 205. The van der Waals surface area contributed by atoms with E-state index >= 15 is 0 Å². The van der Waals surface area contributed by atoms with E-state index in [0.29, 0.717) is 38.1 Å². The highest BCUT2D eigenvalue weighted by Gasteiger charge is 2.21. The second-order valence-electron chi connectivity index (χ2n) is 6.31. The Labute approximate surface area is 112 Å². The van der Waals surface area contributed by atoms with Crippen LogP contribution in [0.2, 0.25) is 0 Å². The number of ether oxygens (including phenoxy) is 1. The lowest BCUT2D eigenvalue weighted by atomic mass is 9.94. The molecule has 0 heterocycles. The van der Waals surface area contributed by atoms with Crippen LogP contribution in [-0.4, -0.2) is 48.2 Å². The third-order valence-corrected chi connectivity index (χ3v) is 2.50. The van der Waals surface area contributed by atoms with E-state index < -0.39 is 11.7 Å². The predicted molar refractivity (Wildman–Crippen MR) is 74.6 cm³/mol. The first-order valence-electron chi connectivity index (χ1n) is 6.92. The van der Waals surface area contributed by atoms with Gasteiger partial charge in [0, 0.05) is 19.7 Å². The Morgan fingerprint density at radius 3 is 2.22 bits per heavy atom. The van der Waals surface area contributed by atoms with Crippen LogP contribution in [0.3, 0.4) is 0 Å². The number of aliphatic hydroxyl groups excluding tert-OH is 1. The molecule has 0 aromatic carbocycles. The van der Waals surface area contributed by atoms with Crippen LogP contribution in [-0.2, 0) is 4.74 Å². The molecule has 0 spiro atoms. The van der Waals surface area contributed by atoms with Crippen molar-refractivity contribution in [2.24, 2.45) is 11.8 Å². The third-order valence-electron chi connectivity index (χ3n) is 2.50. The van der Waals surface area contributed by atoms with E-state index in [-0.39, 0.29) is 0 Å². The molecule has 110 valence electrons. The number of hydrogen-bond acceptors (Lipinski definition) is 4. The first-order chi connectivity index (χ1) is 8.23. The molecule has 0 aromatic rings. The number of hydrogen-bond donors (Lipinski definition) is 3. The maximum atomic E-state index is 10.1. The summed E-state index contributed by atoms with van der Waals surface area (Å²) in [6, 6.07) is 0. The summed E-state index contributed by atoms with van der Waals surface area (Å²) in [5, 5.41) is 22.8. The van der Waals surface area contributed by atoms with E-state index in [0.717, 1.165) is 6.42 Å². The minimum absolute atomic E-state index is 0.345. The van der Waals surface area contributed by atoms with Crippen LogP contribution in [0.4, 0.5) is 0 Å². The molecule has 3 N–H and O–H groups in total. The van der Waals surface area contributed by atoms with Crippen molar-refractivity contribution < 1.29 is 14.9 Å². The van der Waals surface area contributed by atoms with Crippen LogP contribution in [0.5, 0.6) is 0 Å². The van der Waals surface area contributed by atoms with E-state index in [1.54, 1.807) is 0 Å². The number of rotatable bonds is 10. The minimum Gasteiger partial charge on any atom is -0.389 e. The molecule has 0 fully saturated rings. The first-order valence-corrected chi connectivity index (χ1v) is 6.92. The Morgan fingerprint density at radius 2 is 1.72 bits per heavy atom. The van der Waals surface area contributed by atoms with Crippen molar-refractivity contribution in [3.63, 3.8) is 0 Å². The summed E-state index contributed by atoms with van der Waals surface area (Å²) >= 11 is 0. The molecule has 18 heavy (non-hydrogen) atoms. The Morgan fingerprint density at radius 1 is 1.11 bits per heavy atom. The topological polar surface area (TPSA) is 61.7 Å². The summed E-state index contributed by atoms with van der Waals surface area (Å²) in [5.41, 5.74) is -0.716. The maximum Gasteiger partial charge on any atom is 0.0897 e. The lowest BCUT2D eigenvalue weighted by Crippen LogP contribution is -2.42. The molecular weight excluding hydrogens is 230 g/mol. The zero-order valence-corrected chi connectivity index (χ0v) is 12.6. The minimum atomic E-state index is -0.716. The molecule has 2 atom stereocenters. The van der Waals surface area contributed by atoms with Crippen molar-refractivity contribution in [3.8, 4) is 0 Å². The fourth-order valence-electron chi connectivity index (χ4n) is 1.96. The van der Waals surface area contributed by atoms with Gasteiger partial charge in [-0.25, -0.2) is 0 Å². The van der Waals surface area contributed by atoms with Gasteiger partial charge >= 0.3 is 0 Å². The van der Waals surface area contributed by atoms with Crippen LogP contribution < -0.4 is 5.32 Å². The second kappa shape index (κ2) is 8.86. The van der Waals surface area contributed by atoms with Gasteiger partial charge in [-0.05, 0) is 25.2 Å². The van der Waals surface area contributed by atoms with Gasteiger partial charge in [0.05, 0.1) is 18.3 Å². The van der Waals surface area contributed by atoms with Crippen molar-refractivity contribution >= 4 is 0 Å². The largest absolute Gasteiger partial charge is 0.389 e. The van der Waals surface area contributed by atoms with Gasteiger partial charge in [0.25, 0.3) is 0 Å². The lowest BCUT2D eigenvalue weighted by Gasteiger charge is -2.26. The molecule has 0 aliphatic carbocycles. The zero-order chi connectivity index (χ0) is 14.2. The Hall–Kier alpha value is -0.160. The highest BCUT2D eigenvalue weighted by molar-refractivity contribution is 4.77. The molecule has 0 aromatic heterocycles. The van der Waals surface area contributed by atoms with Crippen molar-refractivity contribution in [3.05, 3.63) is 0 Å². The molecule has 4 nitrogen and oxygen atoms in total. The summed E-state index contributed by atoms with van der Waals surface area (Å²) in [6.45, 7) is 12.1. The van der Waals surface area contributed by atoms with Gasteiger partial charge in [-0.3, -0.25) is 0 Å². The maximum absolute atomic E-state index is 10.1. The highest BCUT2D eigenvalue weighted by Crippen LogP contribution is 2.14. The fourth-order valence-corrected chi connectivity index (χ4v) is 1.96. The molecule has 0 aliphatic heterocycles. The van der Waals surface area contributed by atoms with Gasteiger partial charge in [0.15, 0.2) is 0 Å². The predicted octanol–water partition coefficient (Wildman–Crippen LogP) is 1.41. The van der Waals surface area contributed by atoms with Crippen LogP contribution in [0.25, 0.3) is 0 Å². The van der Waals surface area contributed by atoms with Crippen LogP contribution in [0.15, 0.2) is 0 Å². The fraction of sp³-hybridized carbons (Fsp3) is 1.00. The van der Waals surface area contributed by atoms with E-state index in [1.807, 2.05) is 6.92 Å². The second-order valence-corrected chi connectivity index (χ2v) is 6.31. The molecule has 0 saturated heterocycles. The SMILES string of the molecule is CC(C)COCC(O)CNCC(C)(O)CC(C)C. The molecule has 0 radical (unpaired) electrons. The molecule has 0 rings (SSSR count). The van der Waals surface area contributed by atoms with Gasteiger partial charge in [0.2, 0.25) is 0 Å². The zero-order valence-electron chi connectivity index (χ0n) is 12.6. The molecule has 0 bridgehead atoms. The Balaban J connectivity index is 3.63. The van der Waals surface area contributed by atoms with Gasteiger partial charge in [-0.15, -0.1) is 0 Å². The molecule has 0 aliphatic rings. The third kappa shape index (κ3) is 11.0.